The van der Waals surface area contributed by atoms with Gasteiger partial charge in [0.15, 0.2) is 0 Å². The standard InChI is InChI=1S/C15H21N3O3/c16-15(5-8-21-11-15)14(19)17-12-3-1-2-4-13(12)18-6-9-20-10-7-18/h1-4H,5-11,16H2,(H,17,19). The molecule has 2 aliphatic rings. The minimum atomic E-state index is -0.919. The molecule has 6 heteroatoms. The average Bonchev–Trinajstić information content (AvgIpc) is 2.97. The lowest BCUT2D eigenvalue weighted by atomic mass is 9.99. The quantitative estimate of drug-likeness (QED) is 0.852. The number of nitrogens with two attached hydrogens (primary N) is 1. The van der Waals surface area contributed by atoms with E-state index >= 15 is 0 Å². The maximum absolute atomic E-state index is 12.4. The van der Waals surface area contributed by atoms with Gasteiger partial charge in [-0.15, -0.1) is 0 Å². The van der Waals surface area contributed by atoms with Crippen LogP contribution < -0.4 is 16.0 Å². The highest BCUT2D eigenvalue weighted by Crippen LogP contribution is 2.28. The second-order valence-electron chi connectivity index (χ2n) is 5.53. The Kier molecular flexibility index (Phi) is 4.10. The van der Waals surface area contributed by atoms with Crippen LogP contribution in [0.1, 0.15) is 6.42 Å². The maximum Gasteiger partial charge on any atom is 0.247 e. The Morgan fingerprint density at radius 2 is 1.95 bits per heavy atom. The minimum Gasteiger partial charge on any atom is -0.379 e. The van der Waals surface area contributed by atoms with E-state index in [-0.39, 0.29) is 12.5 Å². The van der Waals surface area contributed by atoms with Crippen LogP contribution in [0.25, 0.3) is 0 Å². The van der Waals surface area contributed by atoms with Crippen LogP contribution in [0, 0.1) is 0 Å². The number of hydrogen-bond acceptors (Lipinski definition) is 5. The highest BCUT2D eigenvalue weighted by molar-refractivity contribution is 6.00. The van der Waals surface area contributed by atoms with E-state index in [0.717, 1.165) is 24.5 Å². The molecule has 2 fully saturated rings. The van der Waals surface area contributed by atoms with Crippen molar-refractivity contribution in [1.29, 1.82) is 0 Å². The number of benzene rings is 1. The Hall–Kier alpha value is -1.63. The van der Waals surface area contributed by atoms with Crippen LogP contribution in [-0.2, 0) is 14.3 Å². The molecule has 2 aliphatic heterocycles. The monoisotopic (exact) mass is 291 g/mol. The molecule has 0 saturated carbocycles. The number of amides is 1. The number of nitrogens with zero attached hydrogens (tertiary/aromatic N) is 1. The first-order valence-corrected chi connectivity index (χ1v) is 7.29. The van der Waals surface area contributed by atoms with Gasteiger partial charge in [0.25, 0.3) is 0 Å². The molecular weight excluding hydrogens is 270 g/mol. The third kappa shape index (κ3) is 3.02. The van der Waals surface area contributed by atoms with E-state index in [1.54, 1.807) is 0 Å². The molecule has 6 nitrogen and oxygen atoms in total. The van der Waals surface area contributed by atoms with E-state index in [1.807, 2.05) is 24.3 Å². The highest BCUT2D eigenvalue weighted by atomic mass is 16.5. The molecule has 21 heavy (non-hydrogen) atoms. The van der Waals surface area contributed by atoms with Crippen LogP contribution in [-0.4, -0.2) is 51.0 Å². The fraction of sp³-hybridized carbons (Fsp3) is 0.533. The van der Waals surface area contributed by atoms with Crippen LogP contribution in [0.2, 0.25) is 0 Å². The van der Waals surface area contributed by atoms with Crippen molar-refractivity contribution in [2.45, 2.75) is 12.0 Å². The third-order valence-corrected chi connectivity index (χ3v) is 4.01. The summed E-state index contributed by atoms with van der Waals surface area (Å²) in [5.41, 5.74) is 6.99. The molecule has 0 bridgehead atoms. The number of hydrogen-bond donors (Lipinski definition) is 2. The summed E-state index contributed by atoms with van der Waals surface area (Å²) in [7, 11) is 0. The van der Waals surface area contributed by atoms with Gasteiger partial charge in [-0.05, 0) is 18.6 Å². The molecular formula is C15H21N3O3. The molecule has 0 radical (unpaired) electrons. The summed E-state index contributed by atoms with van der Waals surface area (Å²) in [5, 5.41) is 2.96. The van der Waals surface area contributed by atoms with Crippen molar-refractivity contribution in [3.8, 4) is 0 Å². The molecule has 2 saturated heterocycles. The minimum absolute atomic E-state index is 0.180. The molecule has 1 aromatic carbocycles. The molecule has 1 aromatic rings. The summed E-state index contributed by atoms with van der Waals surface area (Å²) < 4.78 is 10.6. The summed E-state index contributed by atoms with van der Waals surface area (Å²) >= 11 is 0. The molecule has 1 amide bonds. The summed E-state index contributed by atoms with van der Waals surface area (Å²) in [6.07, 6.45) is 0.554. The second kappa shape index (κ2) is 6.01. The number of anilines is 2. The first-order valence-electron chi connectivity index (χ1n) is 7.29. The number of carbonyl (C=O) groups is 1. The summed E-state index contributed by atoms with van der Waals surface area (Å²) in [6, 6.07) is 7.79. The van der Waals surface area contributed by atoms with Gasteiger partial charge in [0.1, 0.15) is 5.54 Å². The van der Waals surface area contributed by atoms with Crippen molar-refractivity contribution in [3.63, 3.8) is 0 Å². The Morgan fingerprint density at radius 1 is 1.19 bits per heavy atom. The lowest BCUT2D eigenvalue weighted by Gasteiger charge is -2.31. The van der Waals surface area contributed by atoms with Crippen LogP contribution in [0.4, 0.5) is 11.4 Å². The lowest BCUT2D eigenvalue weighted by Crippen LogP contribution is -2.51. The Labute approximate surface area is 124 Å². The fourth-order valence-corrected chi connectivity index (χ4v) is 2.67. The zero-order chi connectivity index (χ0) is 14.7. The van der Waals surface area contributed by atoms with Crippen molar-refractivity contribution in [1.82, 2.24) is 0 Å². The van der Waals surface area contributed by atoms with Gasteiger partial charge in [-0.1, -0.05) is 12.1 Å². The number of morpholine rings is 1. The molecule has 0 spiro atoms. The van der Waals surface area contributed by atoms with Gasteiger partial charge in [-0.25, -0.2) is 0 Å². The smallest absolute Gasteiger partial charge is 0.247 e. The Balaban J connectivity index is 1.77. The number of ether oxygens (including phenoxy) is 2. The SMILES string of the molecule is NC1(C(=O)Nc2ccccc2N2CCOCC2)CCOC1. The first-order chi connectivity index (χ1) is 10.2. The molecule has 3 N–H and O–H groups in total. The van der Waals surface area contributed by atoms with Gasteiger partial charge in [-0.2, -0.15) is 0 Å². The Bertz CT molecular complexity index is 509. The van der Waals surface area contributed by atoms with E-state index in [1.165, 1.54) is 0 Å². The topological polar surface area (TPSA) is 76.8 Å². The third-order valence-electron chi connectivity index (χ3n) is 4.01. The van der Waals surface area contributed by atoms with E-state index in [4.69, 9.17) is 15.2 Å². The second-order valence-corrected chi connectivity index (χ2v) is 5.53. The molecule has 3 rings (SSSR count). The van der Waals surface area contributed by atoms with Crippen molar-refractivity contribution in [2.75, 3.05) is 49.7 Å². The van der Waals surface area contributed by atoms with Crippen LogP contribution in [0.5, 0.6) is 0 Å². The predicted molar refractivity (Wildman–Crippen MR) is 80.5 cm³/mol. The van der Waals surface area contributed by atoms with E-state index in [0.29, 0.717) is 26.2 Å². The van der Waals surface area contributed by atoms with Gasteiger partial charge in [0.2, 0.25) is 5.91 Å². The number of nitrogens with one attached hydrogen (secondary N) is 1. The molecule has 2 heterocycles. The number of rotatable bonds is 3. The summed E-state index contributed by atoms with van der Waals surface area (Å²) in [6.45, 7) is 3.87. The van der Waals surface area contributed by atoms with Crippen molar-refractivity contribution in [3.05, 3.63) is 24.3 Å². The predicted octanol–water partition coefficient (Wildman–Crippen LogP) is 0.579. The average molecular weight is 291 g/mol. The van der Waals surface area contributed by atoms with Crippen molar-refractivity contribution >= 4 is 17.3 Å². The summed E-state index contributed by atoms with van der Waals surface area (Å²) in [4.78, 5) is 14.6. The molecule has 0 aromatic heterocycles. The van der Waals surface area contributed by atoms with E-state index in [9.17, 15) is 4.79 Å². The fourth-order valence-electron chi connectivity index (χ4n) is 2.67. The lowest BCUT2D eigenvalue weighted by molar-refractivity contribution is -0.121. The molecule has 114 valence electrons. The molecule has 1 unspecified atom stereocenters. The van der Waals surface area contributed by atoms with Crippen LogP contribution in [0.15, 0.2) is 24.3 Å². The molecule has 1 atom stereocenters. The van der Waals surface area contributed by atoms with Crippen LogP contribution >= 0.6 is 0 Å². The number of carbonyl (C=O) groups excluding carboxylic acids is 1. The largest absolute Gasteiger partial charge is 0.379 e. The Morgan fingerprint density at radius 3 is 2.67 bits per heavy atom. The van der Waals surface area contributed by atoms with E-state index in [2.05, 4.69) is 10.2 Å². The van der Waals surface area contributed by atoms with Gasteiger partial charge in [0.05, 0.1) is 31.2 Å². The van der Waals surface area contributed by atoms with Crippen molar-refractivity contribution < 1.29 is 14.3 Å². The van der Waals surface area contributed by atoms with Crippen LogP contribution in [0.3, 0.4) is 0 Å². The maximum atomic E-state index is 12.4. The zero-order valence-electron chi connectivity index (χ0n) is 12.0. The summed E-state index contributed by atoms with van der Waals surface area (Å²) in [5.74, 6) is -0.180. The van der Waals surface area contributed by atoms with Gasteiger partial charge < -0.3 is 25.4 Å². The number of para-hydroxylation sites is 2. The van der Waals surface area contributed by atoms with Gasteiger partial charge in [-0.3, -0.25) is 4.79 Å². The zero-order valence-corrected chi connectivity index (χ0v) is 12.0. The van der Waals surface area contributed by atoms with E-state index < -0.39 is 5.54 Å². The normalized spacial score (nSPS) is 25.9. The first kappa shape index (κ1) is 14.3. The molecule has 0 aliphatic carbocycles. The highest BCUT2D eigenvalue weighted by Gasteiger charge is 2.38. The van der Waals surface area contributed by atoms with Gasteiger partial charge >= 0.3 is 0 Å². The van der Waals surface area contributed by atoms with Crippen molar-refractivity contribution in [2.24, 2.45) is 5.73 Å². The van der Waals surface area contributed by atoms with Gasteiger partial charge in [0, 0.05) is 19.7 Å².